The van der Waals surface area contributed by atoms with Crippen LogP contribution in [-0.2, 0) is 13.0 Å². The smallest absolute Gasteiger partial charge is 0.387 e. The maximum atomic E-state index is 12.2. The molecule has 1 aromatic carbocycles. The second-order valence-electron chi connectivity index (χ2n) is 3.85. The molecule has 2 aromatic rings. The first-order chi connectivity index (χ1) is 9.25. The first kappa shape index (κ1) is 13.4. The Hall–Kier alpha value is -2.02. The molecule has 2 N–H and O–H groups in total. The molecule has 19 heavy (non-hydrogen) atoms. The Morgan fingerprint density at radius 2 is 2.16 bits per heavy atom. The van der Waals surface area contributed by atoms with Crippen LogP contribution in [0.5, 0.6) is 5.75 Å². The number of aromatic nitrogens is 3. The third-order valence-corrected chi connectivity index (χ3v) is 2.51. The summed E-state index contributed by atoms with van der Waals surface area (Å²) in [7, 11) is 0. The van der Waals surface area contributed by atoms with E-state index in [9.17, 15) is 8.78 Å². The Kier molecular flexibility index (Phi) is 4.79. The maximum absolute atomic E-state index is 12.2. The minimum Gasteiger partial charge on any atom is -0.434 e. The van der Waals surface area contributed by atoms with Crippen LogP contribution in [0.15, 0.2) is 30.6 Å². The Labute approximate surface area is 109 Å². The molecular weight excluding hydrogens is 254 g/mol. The van der Waals surface area contributed by atoms with Crippen molar-refractivity contribution in [3.8, 4) is 5.75 Å². The Balaban J connectivity index is 1.82. The number of para-hydroxylation sites is 1. The molecule has 0 atom stereocenters. The third kappa shape index (κ3) is 4.29. The maximum Gasteiger partial charge on any atom is 0.387 e. The normalized spacial score (nSPS) is 10.9. The highest BCUT2D eigenvalue weighted by molar-refractivity contribution is 5.33. The van der Waals surface area contributed by atoms with Gasteiger partial charge in [0.1, 0.15) is 17.9 Å². The van der Waals surface area contributed by atoms with Crippen LogP contribution in [0.25, 0.3) is 0 Å². The molecule has 0 aliphatic carbocycles. The lowest BCUT2D eigenvalue weighted by atomic mass is 10.2. The molecular formula is C12H14F2N4O. The summed E-state index contributed by atoms with van der Waals surface area (Å²) in [6, 6.07) is 6.72. The molecule has 0 amide bonds. The summed E-state index contributed by atoms with van der Waals surface area (Å²) in [4.78, 5) is 3.99. The molecule has 5 nitrogen and oxygen atoms in total. The first-order valence-corrected chi connectivity index (χ1v) is 5.83. The van der Waals surface area contributed by atoms with Crippen molar-refractivity contribution >= 4 is 0 Å². The summed E-state index contributed by atoms with van der Waals surface area (Å²) in [6.07, 6.45) is 2.14. The van der Waals surface area contributed by atoms with E-state index in [0.29, 0.717) is 25.1 Å². The van der Waals surface area contributed by atoms with E-state index in [1.165, 1.54) is 12.4 Å². The molecule has 0 aliphatic heterocycles. The van der Waals surface area contributed by atoms with Gasteiger partial charge in [0.2, 0.25) is 0 Å². The monoisotopic (exact) mass is 268 g/mol. The first-order valence-electron chi connectivity index (χ1n) is 5.83. The van der Waals surface area contributed by atoms with E-state index in [-0.39, 0.29) is 5.75 Å². The van der Waals surface area contributed by atoms with Crippen molar-refractivity contribution in [2.45, 2.75) is 19.6 Å². The van der Waals surface area contributed by atoms with Gasteiger partial charge in [-0.05, 0) is 6.07 Å². The lowest BCUT2D eigenvalue weighted by Crippen LogP contribution is -2.18. The molecule has 0 fully saturated rings. The van der Waals surface area contributed by atoms with Crippen molar-refractivity contribution in [1.82, 2.24) is 20.5 Å². The number of benzene rings is 1. The van der Waals surface area contributed by atoms with Crippen LogP contribution >= 0.6 is 0 Å². The van der Waals surface area contributed by atoms with Gasteiger partial charge in [-0.3, -0.25) is 5.10 Å². The van der Waals surface area contributed by atoms with E-state index in [1.807, 2.05) is 0 Å². The van der Waals surface area contributed by atoms with Crippen LogP contribution < -0.4 is 10.1 Å². The molecule has 0 aliphatic rings. The molecule has 0 bridgehead atoms. The van der Waals surface area contributed by atoms with Gasteiger partial charge < -0.3 is 10.1 Å². The topological polar surface area (TPSA) is 62.8 Å². The van der Waals surface area contributed by atoms with Crippen LogP contribution in [-0.4, -0.2) is 28.3 Å². The van der Waals surface area contributed by atoms with E-state index in [1.54, 1.807) is 18.2 Å². The number of hydrogen-bond acceptors (Lipinski definition) is 4. The molecule has 7 heteroatoms. The molecule has 0 saturated carbocycles. The minimum absolute atomic E-state index is 0.199. The second kappa shape index (κ2) is 6.79. The standard InChI is InChI=1S/C12H14F2N4O/c13-12(14)19-10-4-2-1-3-9(10)7-15-6-5-11-16-8-17-18-11/h1-4,8,12,15H,5-7H2,(H,16,17,18). The van der Waals surface area contributed by atoms with Gasteiger partial charge >= 0.3 is 6.61 Å². The van der Waals surface area contributed by atoms with E-state index in [2.05, 4.69) is 25.2 Å². The summed E-state index contributed by atoms with van der Waals surface area (Å²) in [5.41, 5.74) is 0.695. The number of nitrogens with one attached hydrogen (secondary N) is 2. The van der Waals surface area contributed by atoms with Gasteiger partial charge in [-0.1, -0.05) is 18.2 Å². The quantitative estimate of drug-likeness (QED) is 0.751. The van der Waals surface area contributed by atoms with Gasteiger partial charge in [0, 0.05) is 25.1 Å². The van der Waals surface area contributed by atoms with Gasteiger partial charge in [-0.2, -0.15) is 13.9 Å². The van der Waals surface area contributed by atoms with Crippen molar-refractivity contribution in [2.24, 2.45) is 0 Å². The summed E-state index contributed by atoms with van der Waals surface area (Å²) >= 11 is 0. The average molecular weight is 268 g/mol. The fraction of sp³-hybridized carbons (Fsp3) is 0.333. The zero-order chi connectivity index (χ0) is 13.5. The van der Waals surface area contributed by atoms with Crippen molar-refractivity contribution in [3.05, 3.63) is 42.0 Å². The molecule has 0 spiro atoms. The van der Waals surface area contributed by atoms with Crippen molar-refractivity contribution in [1.29, 1.82) is 0 Å². The van der Waals surface area contributed by atoms with Crippen LogP contribution in [0.3, 0.4) is 0 Å². The Morgan fingerprint density at radius 3 is 2.89 bits per heavy atom. The van der Waals surface area contributed by atoms with Crippen molar-refractivity contribution < 1.29 is 13.5 Å². The van der Waals surface area contributed by atoms with E-state index in [4.69, 9.17) is 0 Å². The molecule has 1 aromatic heterocycles. The number of ether oxygens (including phenoxy) is 1. The highest BCUT2D eigenvalue weighted by Gasteiger charge is 2.08. The van der Waals surface area contributed by atoms with Crippen LogP contribution in [0.2, 0.25) is 0 Å². The lowest BCUT2D eigenvalue weighted by Gasteiger charge is -2.10. The molecule has 0 saturated heterocycles. The SMILES string of the molecule is FC(F)Oc1ccccc1CNCCc1ncn[nH]1. The summed E-state index contributed by atoms with van der Waals surface area (Å²) in [5.74, 6) is 0.981. The minimum atomic E-state index is -2.81. The fourth-order valence-corrected chi connectivity index (χ4v) is 1.64. The number of H-pyrrole nitrogens is 1. The van der Waals surface area contributed by atoms with Gasteiger partial charge in [0.15, 0.2) is 0 Å². The highest BCUT2D eigenvalue weighted by atomic mass is 19.3. The molecule has 102 valence electrons. The van der Waals surface area contributed by atoms with Crippen LogP contribution in [0.4, 0.5) is 8.78 Å². The second-order valence-corrected chi connectivity index (χ2v) is 3.85. The number of nitrogens with zero attached hydrogens (tertiary/aromatic N) is 2. The number of aromatic amines is 1. The molecule has 0 radical (unpaired) electrons. The lowest BCUT2D eigenvalue weighted by molar-refractivity contribution is -0.0504. The van der Waals surface area contributed by atoms with Crippen LogP contribution in [0, 0.1) is 0 Å². The summed E-state index contributed by atoms with van der Waals surface area (Å²) in [5, 5.41) is 9.63. The zero-order valence-corrected chi connectivity index (χ0v) is 10.1. The highest BCUT2D eigenvalue weighted by Crippen LogP contribution is 2.19. The van der Waals surface area contributed by atoms with E-state index >= 15 is 0 Å². The summed E-state index contributed by atoms with van der Waals surface area (Å²) < 4.78 is 28.9. The third-order valence-electron chi connectivity index (χ3n) is 2.51. The fourth-order valence-electron chi connectivity index (χ4n) is 1.64. The van der Waals surface area contributed by atoms with Crippen molar-refractivity contribution in [3.63, 3.8) is 0 Å². The number of rotatable bonds is 7. The van der Waals surface area contributed by atoms with Crippen molar-refractivity contribution in [2.75, 3.05) is 6.54 Å². The van der Waals surface area contributed by atoms with E-state index in [0.717, 1.165) is 5.82 Å². The van der Waals surface area contributed by atoms with Gasteiger partial charge in [-0.25, -0.2) is 4.98 Å². The van der Waals surface area contributed by atoms with Gasteiger partial charge in [0.05, 0.1) is 0 Å². The number of hydrogen-bond donors (Lipinski definition) is 2. The predicted octanol–water partition coefficient (Wildman–Crippen LogP) is 1.74. The van der Waals surface area contributed by atoms with Gasteiger partial charge in [0.25, 0.3) is 0 Å². The van der Waals surface area contributed by atoms with Crippen LogP contribution in [0.1, 0.15) is 11.4 Å². The Bertz CT molecular complexity index is 490. The van der Waals surface area contributed by atoms with Gasteiger partial charge in [-0.15, -0.1) is 0 Å². The zero-order valence-electron chi connectivity index (χ0n) is 10.1. The number of alkyl halides is 2. The summed E-state index contributed by atoms with van der Waals surface area (Å²) in [6.45, 7) is -1.69. The molecule has 2 rings (SSSR count). The number of halogens is 2. The molecule has 0 unspecified atom stereocenters. The van der Waals surface area contributed by atoms with E-state index < -0.39 is 6.61 Å². The average Bonchev–Trinajstić information content (AvgIpc) is 2.89. The molecule has 1 heterocycles. The Morgan fingerprint density at radius 1 is 1.32 bits per heavy atom. The largest absolute Gasteiger partial charge is 0.434 e. The predicted molar refractivity (Wildman–Crippen MR) is 64.9 cm³/mol.